The number of hydrogen-bond acceptors (Lipinski definition) is 11. The summed E-state index contributed by atoms with van der Waals surface area (Å²) in [5, 5.41) is 13.6. The minimum Gasteiger partial charge on any atom is -0.356 e. The average Bonchev–Trinajstić information content (AvgIpc) is 3.36. The van der Waals surface area contributed by atoms with Crippen LogP contribution in [0.2, 0.25) is 0 Å². The molecule has 0 aliphatic heterocycles. The third-order valence-electron chi connectivity index (χ3n) is 11.9. The standard InChI is InChI=1S/C64H84Br4N4O7P2/c1-45(2)17-13-21-49(9)41-61(69-57-33-25-53(65)26-34-57)75-80(73,76-62(42-50(10)22-14-18-46(3)4)70-58-35-27-54(66)28-36-58)79-81(74,77-63(43-51(11)23-15-19-47(5)6)71-59-37-29-55(67)30-38-59)78-64(44-52(12)24-16-20-48(7)8)72-60-39-31-56(68)32-40-60/h17-20,25-44,61-64,69-72H,13-16,21-24H2,1-12H3/b49-41+,50-42+,51-43+,52-44+. The second-order valence-electron chi connectivity index (χ2n) is 21.0. The lowest BCUT2D eigenvalue weighted by atomic mass is 10.1. The highest BCUT2D eigenvalue weighted by molar-refractivity contribution is 9.11. The molecule has 4 rings (SSSR count). The van der Waals surface area contributed by atoms with Gasteiger partial charge in [0, 0.05) is 40.6 Å². The summed E-state index contributed by atoms with van der Waals surface area (Å²) in [5.74, 6) is 0. The Hall–Kier alpha value is -3.82. The highest BCUT2D eigenvalue weighted by Crippen LogP contribution is 2.68. The van der Waals surface area contributed by atoms with Gasteiger partial charge in [-0.15, -0.1) is 0 Å². The van der Waals surface area contributed by atoms with Gasteiger partial charge in [-0.2, -0.15) is 4.31 Å². The molecule has 0 aliphatic carbocycles. The summed E-state index contributed by atoms with van der Waals surface area (Å²) in [4.78, 5) is 0. The molecule has 4 aromatic carbocycles. The van der Waals surface area contributed by atoms with Gasteiger partial charge in [-0.3, -0.25) is 18.1 Å². The van der Waals surface area contributed by atoms with E-state index in [1.165, 1.54) is 22.3 Å². The lowest BCUT2D eigenvalue weighted by Gasteiger charge is -2.32. The van der Waals surface area contributed by atoms with Gasteiger partial charge in [0.25, 0.3) is 0 Å². The van der Waals surface area contributed by atoms with Gasteiger partial charge in [-0.1, -0.05) is 133 Å². The monoisotopic (exact) mass is 1400 g/mol. The summed E-state index contributed by atoms with van der Waals surface area (Å²) in [6.07, 6.45) is 16.9. The number of phosphoric acid groups is 2. The van der Waals surface area contributed by atoms with E-state index in [0.717, 1.165) is 65.9 Å². The lowest BCUT2D eigenvalue weighted by molar-refractivity contribution is 0.0825. The quantitative estimate of drug-likeness (QED) is 0.0203. The van der Waals surface area contributed by atoms with E-state index in [-0.39, 0.29) is 0 Å². The highest BCUT2D eigenvalue weighted by atomic mass is 79.9. The molecule has 0 fully saturated rings. The van der Waals surface area contributed by atoms with Gasteiger partial charge in [0.15, 0.2) is 24.9 Å². The number of phosphoric ester groups is 2. The van der Waals surface area contributed by atoms with Gasteiger partial charge >= 0.3 is 15.6 Å². The number of benzene rings is 4. The van der Waals surface area contributed by atoms with Crippen molar-refractivity contribution >= 4 is 102 Å². The first-order valence-corrected chi connectivity index (χ1v) is 33.4. The Kier molecular flexibility index (Phi) is 31.1. The Morgan fingerprint density at radius 1 is 0.358 bits per heavy atom. The maximum atomic E-state index is 16.7. The summed E-state index contributed by atoms with van der Waals surface area (Å²) < 4.78 is 70.5. The van der Waals surface area contributed by atoms with Crippen LogP contribution in [0.3, 0.4) is 0 Å². The highest BCUT2D eigenvalue weighted by Gasteiger charge is 2.46. The Bertz CT molecular complexity index is 2550. The molecule has 0 heterocycles. The molecule has 0 saturated heterocycles. The van der Waals surface area contributed by atoms with Gasteiger partial charge in [-0.25, -0.2) is 9.13 Å². The average molecular weight is 1400 g/mol. The second kappa shape index (κ2) is 36.1. The zero-order valence-corrected chi connectivity index (χ0v) is 57.2. The Labute approximate surface area is 518 Å². The van der Waals surface area contributed by atoms with E-state index in [2.05, 4.69) is 165 Å². The van der Waals surface area contributed by atoms with Crippen molar-refractivity contribution in [3.8, 4) is 0 Å². The van der Waals surface area contributed by atoms with Gasteiger partial charge in [0.2, 0.25) is 0 Å². The molecule has 0 aromatic heterocycles. The zero-order chi connectivity index (χ0) is 59.5. The van der Waals surface area contributed by atoms with E-state index < -0.39 is 40.6 Å². The number of nitrogens with one attached hydrogen (secondary N) is 4. The SMILES string of the molecule is CC(C)=CCC/C(C)=C/C(Nc1ccc(Br)cc1)OP(=O)(OC(/C=C(\C)CCC=C(C)C)Nc1ccc(Br)cc1)OP(=O)(OC(/C=C(\C)CCC=C(C)C)Nc1ccc(Br)cc1)OC(/C=C(\C)CCC=C(C)C)Nc1ccc(Br)cc1. The Morgan fingerprint density at radius 2 is 0.543 bits per heavy atom. The predicted octanol–water partition coefficient (Wildman–Crippen LogP) is 22.9. The molecule has 0 spiro atoms. The summed E-state index contributed by atoms with van der Waals surface area (Å²) in [5.41, 5.74) is 11.0. The largest absolute Gasteiger partial charge is 0.488 e. The van der Waals surface area contributed by atoms with Crippen molar-refractivity contribution in [3.05, 3.63) is 208 Å². The molecular weight excluding hydrogens is 1320 g/mol. The normalized spacial score (nSPS) is 15.2. The summed E-state index contributed by atoms with van der Waals surface area (Å²) in [6, 6.07) is 30.0. The summed E-state index contributed by atoms with van der Waals surface area (Å²) >= 11 is 14.2. The number of halogens is 4. The molecule has 0 amide bonds. The number of allylic oxidation sites excluding steroid dienone is 12. The van der Waals surface area contributed by atoms with Gasteiger partial charge in [0.1, 0.15) is 0 Å². The molecule has 440 valence electrons. The van der Waals surface area contributed by atoms with Crippen LogP contribution in [0.25, 0.3) is 0 Å². The van der Waals surface area contributed by atoms with Crippen molar-refractivity contribution in [3.63, 3.8) is 0 Å². The van der Waals surface area contributed by atoms with E-state index in [9.17, 15) is 0 Å². The van der Waals surface area contributed by atoms with Crippen LogP contribution in [0.5, 0.6) is 0 Å². The molecule has 0 aliphatic rings. The Balaban J connectivity index is 2.07. The Morgan fingerprint density at radius 3 is 0.716 bits per heavy atom. The summed E-state index contributed by atoms with van der Waals surface area (Å²) in [6.45, 7) is 24.4. The topological polar surface area (TPSA) is 128 Å². The molecular formula is C64H84Br4N4O7P2. The van der Waals surface area contributed by atoms with Crippen LogP contribution in [0.1, 0.15) is 134 Å². The van der Waals surface area contributed by atoms with E-state index in [0.29, 0.717) is 48.4 Å². The fourth-order valence-electron chi connectivity index (χ4n) is 7.76. The molecule has 0 saturated carbocycles. The van der Waals surface area contributed by atoms with Gasteiger partial charge in [0.05, 0.1) is 0 Å². The molecule has 81 heavy (non-hydrogen) atoms. The van der Waals surface area contributed by atoms with Crippen LogP contribution in [0.15, 0.2) is 208 Å². The van der Waals surface area contributed by atoms with Gasteiger partial charge in [-0.05, 0) is 256 Å². The maximum Gasteiger partial charge on any atom is 0.488 e. The number of hydrogen-bond donors (Lipinski definition) is 4. The smallest absolute Gasteiger partial charge is 0.356 e. The number of rotatable bonds is 34. The lowest BCUT2D eigenvalue weighted by Crippen LogP contribution is -2.28. The van der Waals surface area contributed by atoms with Gasteiger partial charge < -0.3 is 21.3 Å². The molecule has 4 aromatic rings. The minimum absolute atomic E-state index is 0.637. The number of anilines is 4. The first-order chi connectivity index (χ1) is 38.3. The van der Waals surface area contributed by atoms with Crippen molar-refractivity contribution in [1.82, 2.24) is 0 Å². The molecule has 0 bridgehead atoms. The maximum absolute atomic E-state index is 16.7. The first kappa shape index (κ1) is 69.7. The van der Waals surface area contributed by atoms with Crippen molar-refractivity contribution in [2.45, 2.75) is 159 Å². The van der Waals surface area contributed by atoms with Crippen molar-refractivity contribution < 1.29 is 31.5 Å². The van der Waals surface area contributed by atoms with Crippen LogP contribution in [-0.4, -0.2) is 24.9 Å². The van der Waals surface area contributed by atoms with Crippen molar-refractivity contribution in [2.75, 3.05) is 21.3 Å². The first-order valence-electron chi connectivity index (χ1n) is 27.3. The zero-order valence-electron chi connectivity index (χ0n) is 49.1. The van der Waals surface area contributed by atoms with Crippen molar-refractivity contribution in [1.29, 1.82) is 0 Å². The second-order valence-corrected chi connectivity index (χ2v) is 28.0. The van der Waals surface area contributed by atoms with E-state index in [4.69, 9.17) is 22.4 Å². The van der Waals surface area contributed by atoms with Crippen LogP contribution >= 0.6 is 79.4 Å². The molecule has 17 heteroatoms. The van der Waals surface area contributed by atoms with Crippen LogP contribution < -0.4 is 21.3 Å². The van der Waals surface area contributed by atoms with Crippen LogP contribution in [0.4, 0.5) is 22.7 Å². The molecule has 4 unspecified atom stereocenters. The third-order valence-corrected chi connectivity index (χ3v) is 17.5. The van der Waals surface area contributed by atoms with Crippen molar-refractivity contribution in [2.24, 2.45) is 0 Å². The third kappa shape index (κ3) is 30.0. The van der Waals surface area contributed by atoms with Crippen LogP contribution in [0, 0.1) is 0 Å². The molecule has 4 atom stereocenters. The fraction of sp³-hybridized carbons (Fsp3) is 0.375. The van der Waals surface area contributed by atoms with Crippen LogP contribution in [-0.2, 0) is 31.5 Å². The molecule has 4 N–H and O–H groups in total. The van der Waals surface area contributed by atoms with E-state index in [1.54, 1.807) is 0 Å². The van der Waals surface area contributed by atoms with E-state index in [1.807, 2.05) is 149 Å². The fourth-order valence-corrected chi connectivity index (χ4v) is 12.1. The predicted molar refractivity (Wildman–Crippen MR) is 357 cm³/mol. The molecule has 11 nitrogen and oxygen atoms in total. The van der Waals surface area contributed by atoms with E-state index >= 15 is 9.13 Å². The molecule has 0 radical (unpaired) electrons. The minimum atomic E-state index is -5.25. The summed E-state index contributed by atoms with van der Waals surface area (Å²) in [7, 11) is -10.5.